The summed E-state index contributed by atoms with van der Waals surface area (Å²) in [6, 6.07) is 8.51. The summed E-state index contributed by atoms with van der Waals surface area (Å²) in [7, 11) is 0. The van der Waals surface area contributed by atoms with Gasteiger partial charge < -0.3 is 5.32 Å². The van der Waals surface area contributed by atoms with E-state index in [0.29, 0.717) is 5.82 Å². The van der Waals surface area contributed by atoms with Crippen LogP contribution >= 0.6 is 0 Å². The van der Waals surface area contributed by atoms with Crippen molar-refractivity contribution >= 4 is 11.5 Å². The zero-order valence-electron chi connectivity index (χ0n) is 10.8. The molecular weight excluding hydrogens is 274 g/mol. The molecule has 0 saturated heterocycles. The number of nitrogens with one attached hydrogen (secondary N) is 1. The lowest BCUT2D eigenvalue weighted by Crippen LogP contribution is -1.98. The maximum Gasteiger partial charge on any atom is 0.164 e. The van der Waals surface area contributed by atoms with Crippen molar-refractivity contribution in [2.75, 3.05) is 5.32 Å². The van der Waals surface area contributed by atoms with E-state index in [1.54, 1.807) is 30.6 Å². The minimum atomic E-state index is -0.698. The van der Waals surface area contributed by atoms with Crippen LogP contribution in [0.25, 0.3) is 11.4 Å². The monoisotopic (exact) mass is 284 g/mol. The van der Waals surface area contributed by atoms with Crippen LogP contribution in [0.4, 0.5) is 20.3 Å². The molecule has 0 saturated carbocycles. The van der Waals surface area contributed by atoms with Gasteiger partial charge in [-0.25, -0.2) is 18.7 Å². The Labute approximate surface area is 119 Å². The molecule has 0 radical (unpaired) electrons. The third-order valence-electron chi connectivity index (χ3n) is 2.78. The number of anilines is 2. The zero-order valence-corrected chi connectivity index (χ0v) is 10.8. The molecule has 4 nitrogen and oxygen atoms in total. The van der Waals surface area contributed by atoms with Crippen molar-refractivity contribution in [3.05, 3.63) is 66.6 Å². The molecular formula is C15H10F2N4. The van der Waals surface area contributed by atoms with Gasteiger partial charge in [0.25, 0.3) is 0 Å². The Hall–Kier alpha value is -2.89. The van der Waals surface area contributed by atoms with Gasteiger partial charge in [0, 0.05) is 30.3 Å². The second-order valence-corrected chi connectivity index (χ2v) is 4.25. The van der Waals surface area contributed by atoms with Crippen molar-refractivity contribution in [1.82, 2.24) is 15.0 Å². The molecule has 2 aromatic heterocycles. The van der Waals surface area contributed by atoms with Crippen LogP contribution in [0.5, 0.6) is 0 Å². The van der Waals surface area contributed by atoms with Gasteiger partial charge in [0.1, 0.15) is 17.5 Å². The Balaban J connectivity index is 1.93. The van der Waals surface area contributed by atoms with E-state index in [1.807, 2.05) is 0 Å². The first-order valence-electron chi connectivity index (χ1n) is 6.18. The molecule has 104 valence electrons. The molecule has 1 N–H and O–H groups in total. The summed E-state index contributed by atoms with van der Waals surface area (Å²) >= 11 is 0. The number of pyridine rings is 1. The molecule has 0 unspecified atom stereocenters. The van der Waals surface area contributed by atoms with Gasteiger partial charge in [0.15, 0.2) is 5.82 Å². The Morgan fingerprint density at radius 3 is 2.48 bits per heavy atom. The normalized spacial score (nSPS) is 10.4. The smallest absolute Gasteiger partial charge is 0.164 e. The molecule has 3 rings (SSSR count). The van der Waals surface area contributed by atoms with Gasteiger partial charge in [-0.2, -0.15) is 0 Å². The molecule has 0 amide bonds. The zero-order chi connectivity index (χ0) is 14.7. The van der Waals surface area contributed by atoms with Gasteiger partial charge in [-0.1, -0.05) is 0 Å². The first-order chi connectivity index (χ1) is 10.2. The van der Waals surface area contributed by atoms with E-state index in [2.05, 4.69) is 20.3 Å². The van der Waals surface area contributed by atoms with Crippen LogP contribution in [0, 0.1) is 11.6 Å². The van der Waals surface area contributed by atoms with Crippen molar-refractivity contribution < 1.29 is 8.78 Å². The van der Waals surface area contributed by atoms with Crippen molar-refractivity contribution in [2.45, 2.75) is 0 Å². The summed E-state index contributed by atoms with van der Waals surface area (Å²) in [5.41, 5.74) is 0.948. The Kier molecular flexibility index (Phi) is 3.51. The molecule has 0 aliphatic heterocycles. The average molecular weight is 284 g/mol. The maximum absolute atomic E-state index is 13.7. The van der Waals surface area contributed by atoms with Gasteiger partial charge in [0.05, 0.1) is 5.56 Å². The van der Waals surface area contributed by atoms with Crippen LogP contribution in [0.2, 0.25) is 0 Å². The Morgan fingerprint density at radius 1 is 0.905 bits per heavy atom. The lowest BCUT2D eigenvalue weighted by atomic mass is 10.2. The van der Waals surface area contributed by atoms with E-state index >= 15 is 0 Å². The first-order valence-corrected chi connectivity index (χ1v) is 6.18. The lowest BCUT2D eigenvalue weighted by Gasteiger charge is -2.07. The molecule has 0 atom stereocenters. The van der Waals surface area contributed by atoms with Crippen LogP contribution < -0.4 is 5.32 Å². The fourth-order valence-corrected chi connectivity index (χ4v) is 1.81. The standard InChI is InChI=1S/C15H10F2N4/c16-10-1-2-12(13(17)9-10)15-19-8-5-14(21-15)20-11-3-6-18-7-4-11/h1-9H,(H,18,19,20,21). The van der Waals surface area contributed by atoms with Crippen LogP contribution in [-0.4, -0.2) is 15.0 Å². The van der Waals surface area contributed by atoms with Gasteiger partial charge in [-0.3, -0.25) is 4.98 Å². The average Bonchev–Trinajstić information content (AvgIpc) is 2.48. The largest absolute Gasteiger partial charge is 0.340 e. The number of nitrogens with zero attached hydrogens (tertiary/aromatic N) is 3. The highest BCUT2D eigenvalue weighted by Crippen LogP contribution is 2.22. The van der Waals surface area contributed by atoms with E-state index in [9.17, 15) is 8.78 Å². The summed E-state index contributed by atoms with van der Waals surface area (Å²) < 4.78 is 26.7. The van der Waals surface area contributed by atoms with Crippen LogP contribution in [0.1, 0.15) is 0 Å². The topological polar surface area (TPSA) is 50.7 Å². The van der Waals surface area contributed by atoms with Gasteiger partial charge in [-0.15, -0.1) is 0 Å². The summed E-state index contributed by atoms with van der Waals surface area (Å²) in [5, 5.41) is 3.06. The second kappa shape index (κ2) is 5.62. The lowest BCUT2D eigenvalue weighted by molar-refractivity contribution is 0.585. The van der Waals surface area contributed by atoms with Crippen molar-refractivity contribution in [2.24, 2.45) is 0 Å². The minimum Gasteiger partial charge on any atom is -0.340 e. The molecule has 21 heavy (non-hydrogen) atoms. The number of hydrogen-bond donors (Lipinski definition) is 1. The fourth-order valence-electron chi connectivity index (χ4n) is 1.81. The molecule has 0 aliphatic carbocycles. The molecule has 0 spiro atoms. The summed E-state index contributed by atoms with van der Waals surface area (Å²) in [6.45, 7) is 0. The summed E-state index contributed by atoms with van der Waals surface area (Å²) in [6.07, 6.45) is 4.79. The Bertz CT molecular complexity index is 763. The molecule has 6 heteroatoms. The highest BCUT2D eigenvalue weighted by molar-refractivity contribution is 5.61. The third kappa shape index (κ3) is 3.00. The highest BCUT2D eigenvalue weighted by Gasteiger charge is 2.09. The van der Waals surface area contributed by atoms with Crippen molar-refractivity contribution in [1.29, 1.82) is 0 Å². The van der Waals surface area contributed by atoms with E-state index in [0.717, 1.165) is 11.8 Å². The number of hydrogen-bond acceptors (Lipinski definition) is 4. The van der Waals surface area contributed by atoms with E-state index in [1.165, 1.54) is 18.3 Å². The molecule has 0 fully saturated rings. The third-order valence-corrected chi connectivity index (χ3v) is 2.78. The van der Waals surface area contributed by atoms with Gasteiger partial charge in [0.2, 0.25) is 0 Å². The predicted molar refractivity (Wildman–Crippen MR) is 74.9 cm³/mol. The van der Waals surface area contributed by atoms with Crippen LogP contribution in [0.15, 0.2) is 55.0 Å². The fraction of sp³-hybridized carbons (Fsp3) is 0. The molecule has 1 aromatic carbocycles. The molecule has 0 bridgehead atoms. The predicted octanol–water partition coefficient (Wildman–Crippen LogP) is 3.56. The molecule has 0 aliphatic rings. The van der Waals surface area contributed by atoms with Gasteiger partial charge >= 0.3 is 0 Å². The van der Waals surface area contributed by atoms with E-state index in [-0.39, 0.29) is 11.4 Å². The van der Waals surface area contributed by atoms with Gasteiger partial charge in [-0.05, 0) is 30.3 Å². The van der Waals surface area contributed by atoms with Crippen molar-refractivity contribution in [3.8, 4) is 11.4 Å². The number of aromatic nitrogens is 3. The number of halogens is 2. The number of benzene rings is 1. The van der Waals surface area contributed by atoms with Crippen LogP contribution in [0.3, 0.4) is 0 Å². The minimum absolute atomic E-state index is 0.148. The number of rotatable bonds is 3. The summed E-state index contributed by atoms with van der Waals surface area (Å²) in [4.78, 5) is 12.2. The van der Waals surface area contributed by atoms with E-state index in [4.69, 9.17) is 0 Å². The quantitative estimate of drug-likeness (QED) is 0.799. The maximum atomic E-state index is 13.7. The molecule has 2 heterocycles. The second-order valence-electron chi connectivity index (χ2n) is 4.25. The Morgan fingerprint density at radius 2 is 1.71 bits per heavy atom. The SMILES string of the molecule is Fc1ccc(-c2nccc(Nc3ccncc3)n2)c(F)c1. The highest BCUT2D eigenvalue weighted by atomic mass is 19.1. The van der Waals surface area contributed by atoms with E-state index < -0.39 is 11.6 Å². The first kappa shape index (κ1) is 13.1. The van der Waals surface area contributed by atoms with Crippen LogP contribution in [-0.2, 0) is 0 Å². The molecule has 3 aromatic rings. The van der Waals surface area contributed by atoms with Crippen molar-refractivity contribution in [3.63, 3.8) is 0 Å². The summed E-state index contributed by atoms with van der Waals surface area (Å²) in [5.74, 6) is -0.639.